The van der Waals surface area contributed by atoms with Gasteiger partial charge in [0.2, 0.25) is 0 Å². The van der Waals surface area contributed by atoms with E-state index in [9.17, 15) is 0 Å². The normalized spacial score (nSPS) is 11.5. The number of nitrogens with two attached hydrogens (primary N) is 1. The van der Waals surface area contributed by atoms with Gasteiger partial charge in [0, 0.05) is 20.7 Å². The van der Waals surface area contributed by atoms with Crippen molar-refractivity contribution < 1.29 is 5.21 Å². The maximum absolute atomic E-state index is 8.65. The van der Waals surface area contributed by atoms with Gasteiger partial charge in [-0.05, 0) is 52.4 Å². The van der Waals surface area contributed by atoms with E-state index in [1.165, 1.54) is 0 Å². The predicted octanol–water partition coefficient (Wildman–Crippen LogP) is 4.30. The van der Waals surface area contributed by atoms with Crippen LogP contribution < -0.4 is 11.1 Å². The number of hydrogen-bond donors (Lipinski definition) is 3. The minimum atomic E-state index is 0.0251. The van der Waals surface area contributed by atoms with Crippen molar-refractivity contribution in [2.24, 2.45) is 10.9 Å². The summed E-state index contributed by atoms with van der Waals surface area (Å²) in [6, 6.07) is 11.0. The zero-order valence-corrected chi connectivity index (χ0v) is 14.4. The van der Waals surface area contributed by atoms with Gasteiger partial charge in [0.1, 0.15) is 0 Å². The van der Waals surface area contributed by atoms with Crippen LogP contribution in [0.1, 0.15) is 11.1 Å². The van der Waals surface area contributed by atoms with Crippen molar-refractivity contribution >= 4 is 57.3 Å². The molecule has 0 aromatic heterocycles. The Morgan fingerprint density at radius 1 is 1.19 bits per heavy atom. The molecule has 0 bridgehead atoms. The lowest BCUT2D eigenvalue weighted by molar-refractivity contribution is 0.318. The first-order valence-corrected chi connectivity index (χ1v) is 7.80. The van der Waals surface area contributed by atoms with Gasteiger partial charge in [-0.25, -0.2) is 0 Å². The molecule has 0 heterocycles. The van der Waals surface area contributed by atoms with Gasteiger partial charge in [0.05, 0.1) is 10.7 Å². The van der Waals surface area contributed by atoms with E-state index in [0.29, 0.717) is 22.2 Å². The number of amidine groups is 1. The highest BCUT2D eigenvalue weighted by atomic mass is 127. The lowest BCUT2D eigenvalue weighted by Gasteiger charge is -2.11. The molecule has 110 valence electrons. The molecule has 0 unspecified atom stereocenters. The second-order valence-electron chi connectivity index (χ2n) is 4.27. The van der Waals surface area contributed by atoms with E-state index < -0.39 is 0 Å². The summed E-state index contributed by atoms with van der Waals surface area (Å²) in [6.45, 7) is 0.523. The Labute approximate surface area is 146 Å². The first-order valence-electron chi connectivity index (χ1n) is 5.96. The van der Waals surface area contributed by atoms with Gasteiger partial charge in [-0.3, -0.25) is 0 Å². The fourth-order valence-electron chi connectivity index (χ4n) is 1.73. The molecule has 0 aliphatic carbocycles. The van der Waals surface area contributed by atoms with Gasteiger partial charge in [0.25, 0.3) is 0 Å². The topological polar surface area (TPSA) is 70.6 Å². The van der Waals surface area contributed by atoms with E-state index in [-0.39, 0.29) is 5.84 Å². The van der Waals surface area contributed by atoms with Crippen LogP contribution in [0.3, 0.4) is 0 Å². The molecular weight excluding hydrogens is 424 g/mol. The summed E-state index contributed by atoms with van der Waals surface area (Å²) < 4.78 is 1.07. The monoisotopic (exact) mass is 435 g/mol. The highest BCUT2D eigenvalue weighted by molar-refractivity contribution is 14.1. The average molecular weight is 436 g/mol. The number of benzene rings is 2. The summed E-state index contributed by atoms with van der Waals surface area (Å²) in [5.74, 6) is 0.0251. The number of nitrogens with zero attached hydrogens (tertiary/aromatic N) is 1. The zero-order chi connectivity index (χ0) is 15.4. The van der Waals surface area contributed by atoms with E-state index in [1.807, 2.05) is 24.3 Å². The second kappa shape index (κ2) is 7.20. The van der Waals surface area contributed by atoms with Crippen LogP contribution in [0.4, 0.5) is 5.69 Å². The van der Waals surface area contributed by atoms with Crippen molar-refractivity contribution in [1.29, 1.82) is 0 Å². The summed E-state index contributed by atoms with van der Waals surface area (Å²) in [5.41, 5.74) is 7.82. The number of nitrogens with one attached hydrogen (secondary N) is 1. The molecule has 0 spiro atoms. The van der Waals surface area contributed by atoms with E-state index in [2.05, 4.69) is 33.1 Å². The van der Waals surface area contributed by atoms with Crippen molar-refractivity contribution in [1.82, 2.24) is 0 Å². The third-order valence-electron chi connectivity index (χ3n) is 2.86. The van der Waals surface area contributed by atoms with Crippen LogP contribution in [0.25, 0.3) is 0 Å². The molecule has 4 N–H and O–H groups in total. The van der Waals surface area contributed by atoms with Crippen molar-refractivity contribution in [3.63, 3.8) is 0 Å². The van der Waals surface area contributed by atoms with E-state index >= 15 is 0 Å². The molecule has 0 saturated heterocycles. The lowest BCUT2D eigenvalue weighted by atomic mass is 10.1. The van der Waals surface area contributed by atoms with Gasteiger partial charge in [-0.1, -0.05) is 40.5 Å². The van der Waals surface area contributed by atoms with Crippen molar-refractivity contribution in [3.05, 3.63) is 61.1 Å². The fraction of sp³-hybridized carbons (Fsp3) is 0.0714. The first kappa shape index (κ1) is 16.2. The minimum absolute atomic E-state index is 0.0251. The molecule has 0 aliphatic rings. The molecule has 2 rings (SSSR count). The van der Waals surface area contributed by atoms with Gasteiger partial charge in [0.15, 0.2) is 5.84 Å². The third kappa shape index (κ3) is 4.15. The van der Waals surface area contributed by atoms with E-state index in [0.717, 1.165) is 14.8 Å². The molecule has 0 aliphatic heterocycles. The van der Waals surface area contributed by atoms with Crippen molar-refractivity contribution in [3.8, 4) is 0 Å². The predicted molar refractivity (Wildman–Crippen MR) is 95.5 cm³/mol. The number of hydrogen-bond acceptors (Lipinski definition) is 3. The molecule has 4 nitrogen and oxygen atoms in total. The number of anilines is 1. The van der Waals surface area contributed by atoms with Crippen LogP contribution in [-0.2, 0) is 6.54 Å². The largest absolute Gasteiger partial charge is 0.409 e. The van der Waals surface area contributed by atoms with Crippen LogP contribution >= 0.6 is 45.8 Å². The van der Waals surface area contributed by atoms with Crippen LogP contribution in [0.15, 0.2) is 41.6 Å². The molecule has 7 heteroatoms. The fourth-order valence-corrected chi connectivity index (χ4v) is 2.90. The Morgan fingerprint density at radius 3 is 2.57 bits per heavy atom. The summed E-state index contributed by atoms with van der Waals surface area (Å²) in [7, 11) is 0. The van der Waals surface area contributed by atoms with Gasteiger partial charge in [-0.15, -0.1) is 0 Å². The molecular formula is C14H12Cl2IN3O. The highest BCUT2D eigenvalue weighted by Gasteiger charge is 2.06. The zero-order valence-electron chi connectivity index (χ0n) is 10.8. The third-order valence-corrected chi connectivity index (χ3v) is 4.19. The molecule has 0 fully saturated rings. The number of oxime groups is 1. The summed E-state index contributed by atoms with van der Waals surface area (Å²) in [6.07, 6.45) is 0. The Kier molecular flexibility index (Phi) is 5.55. The molecule has 0 radical (unpaired) electrons. The Hall–Kier alpha value is -1.18. The molecule has 2 aromatic carbocycles. The lowest BCUT2D eigenvalue weighted by Crippen LogP contribution is -2.13. The molecule has 21 heavy (non-hydrogen) atoms. The van der Waals surface area contributed by atoms with Crippen LogP contribution in [0.2, 0.25) is 10.0 Å². The van der Waals surface area contributed by atoms with Crippen LogP contribution in [0, 0.1) is 3.57 Å². The van der Waals surface area contributed by atoms with E-state index in [1.54, 1.807) is 12.1 Å². The first-order chi connectivity index (χ1) is 10.0. The number of halogens is 3. The summed E-state index contributed by atoms with van der Waals surface area (Å²) in [4.78, 5) is 0. The average Bonchev–Trinajstić information content (AvgIpc) is 2.46. The maximum Gasteiger partial charge on any atom is 0.170 e. The molecule has 0 amide bonds. The Morgan fingerprint density at radius 2 is 1.95 bits per heavy atom. The Balaban J connectivity index is 2.13. The quantitative estimate of drug-likeness (QED) is 0.220. The molecule has 0 saturated carbocycles. The molecule has 0 atom stereocenters. The minimum Gasteiger partial charge on any atom is -0.409 e. The van der Waals surface area contributed by atoms with Gasteiger partial charge >= 0.3 is 0 Å². The van der Waals surface area contributed by atoms with Crippen molar-refractivity contribution in [2.45, 2.75) is 6.54 Å². The van der Waals surface area contributed by atoms with Gasteiger partial charge in [-0.2, -0.15) is 0 Å². The summed E-state index contributed by atoms with van der Waals surface area (Å²) >= 11 is 14.6. The molecule has 2 aromatic rings. The number of rotatable bonds is 4. The summed E-state index contributed by atoms with van der Waals surface area (Å²) in [5, 5.41) is 16.0. The van der Waals surface area contributed by atoms with Gasteiger partial charge < -0.3 is 16.3 Å². The standard InChI is InChI=1S/C14H12Cl2IN3O/c15-11-5-8(14(18)20-21)1-2-9(11)7-19-13-4-3-10(17)6-12(13)16/h1-6,19,21H,7H2,(H2,18,20). The van der Waals surface area contributed by atoms with Crippen LogP contribution in [-0.4, -0.2) is 11.0 Å². The van der Waals surface area contributed by atoms with Crippen LogP contribution in [0.5, 0.6) is 0 Å². The SMILES string of the molecule is N/C(=N/O)c1ccc(CNc2ccc(I)cc2Cl)c(Cl)c1. The maximum atomic E-state index is 8.65. The Bertz CT molecular complexity index is 692. The second-order valence-corrected chi connectivity index (χ2v) is 6.33. The highest BCUT2D eigenvalue weighted by Crippen LogP contribution is 2.25. The van der Waals surface area contributed by atoms with E-state index in [4.69, 9.17) is 34.1 Å². The smallest absolute Gasteiger partial charge is 0.170 e. The van der Waals surface area contributed by atoms with Crippen molar-refractivity contribution in [2.75, 3.05) is 5.32 Å².